The predicted octanol–water partition coefficient (Wildman–Crippen LogP) is 4.22. The van der Waals surface area contributed by atoms with Gasteiger partial charge < -0.3 is 55.2 Å². The highest BCUT2D eigenvalue weighted by molar-refractivity contribution is 5.86. The summed E-state index contributed by atoms with van der Waals surface area (Å²) in [7, 11) is 1.70. The van der Waals surface area contributed by atoms with E-state index in [1.54, 1.807) is 18.1 Å². The molecule has 0 unspecified atom stereocenters. The summed E-state index contributed by atoms with van der Waals surface area (Å²) >= 11 is 0. The quantitative estimate of drug-likeness (QED) is 0.123. The van der Waals surface area contributed by atoms with Gasteiger partial charge in [0, 0.05) is 45.5 Å². The number of nitrogens with two attached hydrogens (primary N) is 2. The highest BCUT2D eigenvalue weighted by Crippen LogP contribution is 2.37. The number of anilines is 2. The standard InChI is InChI=1S/C46H63FN6O8/c1-29(2)43(49)45(55)53-26-39(59-28-31-10-15-38-37(22-31)51(19-21-58-38)17-7-20-57-5)42(40(27-53)61-46(56)44(30(3)4)50-41(54)24-48)32-11-13-35(14-12-32)60-36-16-18-52(25-36)34-9-6-8-33(47)23-34/h6,8-15,22-23,29-30,36,39-40,42-44H,7,16-21,24-28,48-49H2,1-5H3,(H,50,54)/t36-,39-,40+,42+,43-,44-/m0/s1. The highest BCUT2D eigenvalue weighted by atomic mass is 19.1. The number of hydrogen-bond acceptors (Lipinski definition) is 12. The Morgan fingerprint density at radius 1 is 0.951 bits per heavy atom. The minimum Gasteiger partial charge on any atom is -0.490 e. The fourth-order valence-electron chi connectivity index (χ4n) is 8.24. The number of benzene rings is 3. The van der Waals surface area contributed by atoms with Gasteiger partial charge in [-0.25, -0.2) is 9.18 Å². The number of hydrogen-bond donors (Lipinski definition) is 3. The largest absolute Gasteiger partial charge is 0.490 e. The van der Waals surface area contributed by atoms with E-state index in [4.69, 9.17) is 35.2 Å². The summed E-state index contributed by atoms with van der Waals surface area (Å²) in [5.41, 5.74) is 15.6. The van der Waals surface area contributed by atoms with Crippen LogP contribution in [0.4, 0.5) is 15.8 Å². The first-order valence-electron chi connectivity index (χ1n) is 21.5. The van der Waals surface area contributed by atoms with Gasteiger partial charge in [-0.05, 0) is 71.8 Å². The van der Waals surface area contributed by atoms with Crippen molar-refractivity contribution >= 4 is 29.2 Å². The van der Waals surface area contributed by atoms with Crippen LogP contribution in [0.2, 0.25) is 0 Å². The average molecular weight is 847 g/mol. The van der Waals surface area contributed by atoms with Crippen LogP contribution in [-0.4, -0.2) is 119 Å². The van der Waals surface area contributed by atoms with E-state index in [0.717, 1.165) is 60.7 Å². The zero-order chi connectivity index (χ0) is 43.6. The molecule has 0 spiro atoms. The molecule has 5 N–H and O–H groups in total. The Labute approximate surface area is 358 Å². The molecule has 0 aliphatic carbocycles. The Morgan fingerprint density at radius 3 is 2.43 bits per heavy atom. The molecule has 3 aliphatic rings. The number of amides is 2. The van der Waals surface area contributed by atoms with Crippen LogP contribution in [0.15, 0.2) is 66.7 Å². The van der Waals surface area contributed by atoms with Crippen molar-refractivity contribution in [3.8, 4) is 11.5 Å². The Hall–Kier alpha value is -4.96. The number of ether oxygens (including phenoxy) is 5. The Bertz CT molecular complexity index is 1930. The van der Waals surface area contributed by atoms with E-state index < -0.39 is 42.1 Å². The lowest BCUT2D eigenvalue weighted by Gasteiger charge is -2.44. The number of carbonyl (C=O) groups excluding carboxylic acids is 3. The molecule has 61 heavy (non-hydrogen) atoms. The molecule has 0 aromatic heterocycles. The van der Waals surface area contributed by atoms with Gasteiger partial charge in [0.25, 0.3) is 0 Å². The van der Waals surface area contributed by atoms with Gasteiger partial charge in [-0.15, -0.1) is 0 Å². The lowest BCUT2D eigenvalue weighted by Crippen LogP contribution is -2.59. The van der Waals surface area contributed by atoms with E-state index in [0.29, 0.717) is 25.5 Å². The molecule has 3 heterocycles. The number of halogens is 1. The molecule has 0 saturated carbocycles. The molecule has 3 aliphatic heterocycles. The Balaban J connectivity index is 1.29. The summed E-state index contributed by atoms with van der Waals surface area (Å²) in [4.78, 5) is 46.4. The van der Waals surface area contributed by atoms with E-state index in [1.165, 1.54) is 12.1 Å². The van der Waals surface area contributed by atoms with Crippen LogP contribution in [0.3, 0.4) is 0 Å². The van der Waals surface area contributed by atoms with E-state index in [-0.39, 0.29) is 55.9 Å². The maximum Gasteiger partial charge on any atom is 0.329 e. The minimum atomic E-state index is -0.973. The molecule has 6 atom stereocenters. The number of nitrogens with zero attached hydrogens (tertiary/aromatic N) is 3. The average Bonchev–Trinajstić information content (AvgIpc) is 3.72. The van der Waals surface area contributed by atoms with E-state index in [1.807, 2.05) is 70.2 Å². The van der Waals surface area contributed by atoms with Gasteiger partial charge in [-0.1, -0.05) is 52.0 Å². The monoisotopic (exact) mass is 846 g/mol. The van der Waals surface area contributed by atoms with Gasteiger partial charge >= 0.3 is 5.97 Å². The summed E-state index contributed by atoms with van der Waals surface area (Å²) in [6.45, 7) is 11.7. The van der Waals surface area contributed by atoms with Gasteiger partial charge in [-0.3, -0.25) is 9.59 Å². The van der Waals surface area contributed by atoms with E-state index >= 15 is 0 Å². The van der Waals surface area contributed by atoms with Crippen molar-refractivity contribution < 1.29 is 42.5 Å². The SMILES string of the molecule is COCCCN1CCOc2ccc(CO[C@H]3CN(C(=O)[C@@H](N)C(C)C)C[C@@H](OC(=O)[C@@H](NC(=O)CN)C(C)C)[C@@H]3c3ccc(O[C@H]4CCN(c5cccc(F)c5)C4)cc3)cc21. The number of fused-ring (bicyclic) bond motifs is 1. The fraction of sp³-hybridized carbons (Fsp3) is 0.543. The normalized spacial score (nSPS) is 21.2. The number of nitrogens with one attached hydrogen (secondary N) is 1. The molecule has 0 radical (unpaired) electrons. The second-order valence-electron chi connectivity index (χ2n) is 16.9. The molecule has 332 valence electrons. The number of likely N-dealkylation sites (tertiary alicyclic amines) is 1. The topological polar surface area (TPSA) is 171 Å². The Kier molecular flexibility index (Phi) is 15.8. The third kappa shape index (κ3) is 11.7. The summed E-state index contributed by atoms with van der Waals surface area (Å²) in [5.74, 6) is -1.19. The van der Waals surface area contributed by atoms with Gasteiger partial charge in [0.2, 0.25) is 11.8 Å². The first-order valence-corrected chi connectivity index (χ1v) is 21.5. The van der Waals surface area contributed by atoms with Crippen molar-refractivity contribution in [3.63, 3.8) is 0 Å². The first-order chi connectivity index (χ1) is 29.3. The highest BCUT2D eigenvalue weighted by Gasteiger charge is 2.44. The predicted molar refractivity (Wildman–Crippen MR) is 231 cm³/mol. The molecular weight excluding hydrogens is 784 g/mol. The van der Waals surface area contributed by atoms with Crippen LogP contribution in [0.1, 0.15) is 57.6 Å². The summed E-state index contributed by atoms with van der Waals surface area (Å²) < 4.78 is 44.9. The van der Waals surface area contributed by atoms with Gasteiger partial charge in [0.05, 0.1) is 56.5 Å². The van der Waals surface area contributed by atoms with E-state index in [9.17, 15) is 18.8 Å². The van der Waals surface area contributed by atoms with Crippen LogP contribution in [0, 0.1) is 17.7 Å². The number of piperidine rings is 1. The van der Waals surface area contributed by atoms with Crippen molar-refractivity contribution in [3.05, 3.63) is 83.7 Å². The van der Waals surface area contributed by atoms with Crippen molar-refractivity contribution in [2.45, 2.75) is 83.5 Å². The number of carbonyl (C=O) groups is 3. The molecule has 6 rings (SSSR count). The zero-order valence-electron chi connectivity index (χ0n) is 36.1. The number of esters is 1. The summed E-state index contributed by atoms with van der Waals surface area (Å²) in [5, 5.41) is 2.71. The maximum absolute atomic E-state index is 14.0. The van der Waals surface area contributed by atoms with Crippen LogP contribution in [0.5, 0.6) is 11.5 Å². The van der Waals surface area contributed by atoms with Crippen molar-refractivity contribution in [2.75, 3.05) is 75.9 Å². The van der Waals surface area contributed by atoms with Crippen molar-refractivity contribution in [2.24, 2.45) is 23.3 Å². The Morgan fingerprint density at radius 2 is 1.72 bits per heavy atom. The first kappa shape index (κ1) is 45.6. The fourth-order valence-corrected chi connectivity index (χ4v) is 8.24. The van der Waals surface area contributed by atoms with E-state index in [2.05, 4.69) is 21.2 Å². The molecule has 0 bridgehead atoms. The second kappa shape index (κ2) is 21.2. The molecule has 3 aromatic rings. The summed E-state index contributed by atoms with van der Waals surface area (Å²) in [6, 6.07) is 18.5. The zero-order valence-corrected chi connectivity index (χ0v) is 36.1. The second-order valence-corrected chi connectivity index (χ2v) is 16.9. The lowest BCUT2D eigenvalue weighted by molar-refractivity contribution is -0.167. The van der Waals surface area contributed by atoms with Crippen LogP contribution >= 0.6 is 0 Å². The molecule has 14 nitrogen and oxygen atoms in total. The van der Waals surface area contributed by atoms with Crippen LogP contribution in [-0.2, 0) is 35.2 Å². The maximum atomic E-state index is 14.0. The van der Waals surface area contributed by atoms with Crippen molar-refractivity contribution in [1.29, 1.82) is 0 Å². The molecule has 3 aromatic carbocycles. The molecule has 15 heteroatoms. The number of methoxy groups -OCH3 is 1. The number of rotatable bonds is 18. The van der Waals surface area contributed by atoms with Crippen molar-refractivity contribution in [1.82, 2.24) is 10.2 Å². The summed E-state index contributed by atoms with van der Waals surface area (Å²) in [6.07, 6.45) is 0.0221. The van der Waals surface area contributed by atoms with Gasteiger partial charge in [-0.2, -0.15) is 0 Å². The van der Waals surface area contributed by atoms with Crippen LogP contribution in [0.25, 0.3) is 0 Å². The third-order valence-electron chi connectivity index (χ3n) is 11.7. The van der Waals surface area contributed by atoms with Gasteiger partial charge in [0.15, 0.2) is 0 Å². The van der Waals surface area contributed by atoms with Gasteiger partial charge in [0.1, 0.15) is 42.2 Å². The molecule has 2 fully saturated rings. The smallest absolute Gasteiger partial charge is 0.329 e. The minimum absolute atomic E-state index is 0.0635. The lowest BCUT2D eigenvalue weighted by atomic mass is 9.83. The van der Waals surface area contributed by atoms with Crippen LogP contribution < -0.4 is 36.1 Å². The molecule has 2 saturated heterocycles. The molecule has 2 amide bonds. The molecular formula is C46H63FN6O8. The third-order valence-corrected chi connectivity index (χ3v) is 11.7.